The predicted molar refractivity (Wildman–Crippen MR) is 117 cm³/mol. The molecule has 1 aliphatic rings. The van der Waals surface area contributed by atoms with Crippen molar-refractivity contribution in [2.45, 2.75) is 39.2 Å². The monoisotopic (exact) mass is 408 g/mol. The summed E-state index contributed by atoms with van der Waals surface area (Å²) in [4.78, 5) is 25.1. The Bertz CT molecular complexity index is 1030. The van der Waals surface area contributed by atoms with Crippen molar-refractivity contribution in [3.8, 4) is 11.3 Å². The van der Waals surface area contributed by atoms with Crippen LogP contribution in [-0.2, 0) is 11.3 Å². The average Bonchev–Trinajstić information content (AvgIpc) is 3.19. The molecule has 7 heteroatoms. The molecule has 1 fully saturated rings. The van der Waals surface area contributed by atoms with Crippen LogP contribution in [0.15, 0.2) is 47.5 Å². The van der Waals surface area contributed by atoms with Gasteiger partial charge in [-0.15, -0.1) is 0 Å². The highest BCUT2D eigenvalue weighted by molar-refractivity contribution is 5.67. The second-order valence-electron chi connectivity index (χ2n) is 7.73. The summed E-state index contributed by atoms with van der Waals surface area (Å²) in [5, 5.41) is 14.4. The van der Waals surface area contributed by atoms with Crippen molar-refractivity contribution >= 4 is 6.47 Å². The minimum atomic E-state index is -0.250. The van der Waals surface area contributed by atoms with Crippen LogP contribution in [0.4, 0.5) is 0 Å². The smallest absolute Gasteiger partial charge is 0.290 e. The zero-order valence-corrected chi connectivity index (χ0v) is 17.4. The maximum absolute atomic E-state index is 11.6. The quantitative estimate of drug-likeness (QED) is 0.574. The van der Waals surface area contributed by atoms with Crippen LogP contribution in [0.25, 0.3) is 11.3 Å². The summed E-state index contributed by atoms with van der Waals surface area (Å²) in [5.41, 5.74) is 7.30. The average molecular weight is 409 g/mol. The summed E-state index contributed by atoms with van der Waals surface area (Å²) >= 11 is 0. The number of likely N-dealkylation sites (tertiary alicyclic amines) is 1. The first-order valence-corrected chi connectivity index (χ1v) is 10.1. The number of carboxylic acid groups (broad SMARTS) is 1. The fourth-order valence-electron chi connectivity index (χ4n) is 4.05. The van der Waals surface area contributed by atoms with Crippen molar-refractivity contribution in [3.63, 3.8) is 0 Å². The van der Waals surface area contributed by atoms with E-state index in [0.717, 1.165) is 43.7 Å². The minimum Gasteiger partial charge on any atom is -0.483 e. The Morgan fingerprint density at radius 3 is 2.63 bits per heavy atom. The van der Waals surface area contributed by atoms with Gasteiger partial charge in [0.1, 0.15) is 0 Å². The lowest BCUT2D eigenvalue weighted by Gasteiger charge is -2.32. The van der Waals surface area contributed by atoms with Gasteiger partial charge in [-0.2, -0.15) is 5.10 Å². The highest BCUT2D eigenvalue weighted by atomic mass is 16.3. The van der Waals surface area contributed by atoms with E-state index in [-0.39, 0.29) is 12.0 Å². The summed E-state index contributed by atoms with van der Waals surface area (Å²) in [7, 11) is 0. The van der Waals surface area contributed by atoms with E-state index in [4.69, 9.17) is 9.90 Å². The van der Waals surface area contributed by atoms with Crippen LogP contribution in [0.3, 0.4) is 0 Å². The largest absolute Gasteiger partial charge is 0.483 e. The van der Waals surface area contributed by atoms with Crippen molar-refractivity contribution in [1.29, 1.82) is 0 Å². The molecule has 0 saturated carbocycles. The molecule has 0 bridgehead atoms. The van der Waals surface area contributed by atoms with Gasteiger partial charge in [0, 0.05) is 29.9 Å². The minimum absolute atomic E-state index is 0.00788. The molecule has 3 N–H and O–H groups in total. The standard InChI is InChI=1S/C22H26N4O.CH2O2/c1-15-3-4-16(2)20(11-15)22-19(13-24-25-22)14-26-9-6-17(7-10-26)18-5-8-23-21(27)12-18;2-1-3/h3-5,8,11-13,17H,6-7,9-10,14H2,1-2H3,(H,23,27)(H,24,25);1H,(H,2,3). The maximum atomic E-state index is 11.6. The van der Waals surface area contributed by atoms with E-state index in [1.807, 2.05) is 12.3 Å². The number of aromatic amines is 2. The molecular formula is C23H28N4O3. The third-order valence-corrected chi connectivity index (χ3v) is 5.63. The number of hydrogen-bond acceptors (Lipinski definition) is 4. The molecule has 158 valence electrons. The Labute approximate surface area is 175 Å². The van der Waals surface area contributed by atoms with Gasteiger partial charge in [-0.1, -0.05) is 17.7 Å². The molecule has 3 heterocycles. The van der Waals surface area contributed by atoms with Crippen molar-refractivity contribution in [2.75, 3.05) is 13.1 Å². The first-order chi connectivity index (χ1) is 14.5. The third kappa shape index (κ3) is 5.24. The SMILES string of the molecule is Cc1ccc(C)c(-c2[nH]ncc2CN2CCC(c3cc[nH]c(=O)c3)CC2)c1.O=CO. The summed E-state index contributed by atoms with van der Waals surface area (Å²) in [6.07, 6.45) is 5.88. The summed E-state index contributed by atoms with van der Waals surface area (Å²) in [6.45, 7) is 7.00. The Morgan fingerprint density at radius 2 is 1.93 bits per heavy atom. The molecule has 0 spiro atoms. The van der Waals surface area contributed by atoms with Crippen LogP contribution >= 0.6 is 0 Å². The second kappa shape index (κ2) is 10.0. The Hall–Kier alpha value is -3.19. The lowest BCUT2D eigenvalue weighted by molar-refractivity contribution is -0.122. The van der Waals surface area contributed by atoms with Gasteiger partial charge in [0.05, 0.1) is 11.9 Å². The molecular weight excluding hydrogens is 380 g/mol. The molecule has 0 radical (unpaired) electrons. The van der Waals surface area contributed by atoms with E-state index in [2.05, 4.69) is 52.1 Å². The summed E-state index contributed by atoms with van der Waals surface area (Å²) in [5.74, 6) is 0.478. The van der Waals surface area contributed by atoms with Gasteiger partial charge < -0.3 is 10.1 Å². The molecule has 0 unspecified atom stereocenters. The number of rotatable bonds is 4. The van der Waals surface area contributed by atoms with Crippen LogP contribution in [0.5, 0.6) is 0 Å². The Kier molecular flexibility index (Phi) is 7.19. The molecule has 1 saturated heterocycles. The van der Waals surface area contributed by atoms with Crippen LogP contribution in [0.2, 0.25) is 0 Å². The number of carbonyl (C=O) groups is 1. The van der Waals surface area contributed by atoms with E-state index in [1.54, 1.807) is 12.3 Å². The fourth-order valence-corrected chi connectivity index (χ4v) is 4.05. The third-order valence-electron chi connectivity index (χ3n) is 5.63. The highest BCUT2D eigenvalue weighted by Gasteiger charge is 2.22. The fraction of sp³-hybridized carbons (Fsp3) is 0.348. The van der Waals surface area contributed by atoms with E-state index in [0.29, 0.717) is 5.92 Å². The van der Waals surface area contributed by atoms with Crippen LogP contribution in [0, 0.1) is 13.8 Å². The second-order valence-corrected chi connectivity index (χ2v) is 7.73. The van der Waals surface area contributed by atoms with Gasteiger partial charge in [-0.3, -0.25) is 19.6 Å². The molecule has 30 heavy (non-hydrogen) atoms. The van der Waals surface area contributed by atoms with E-state index < -0.39 is 0 Å². The zero-order valence-electron chi connectivity index (χ0n) is 17.4. The van der Waals surface area contributed by atoms with Crippen molar-refractivity contribution in [2.24, 2.45) is 0 Å². The maximum Gasteiger partial charge on any atom is 0.290 e. The Balaban J connectivity index is 0.000000806. The zero-order chi connectivity index (χ0) is 21.5. The van der Waals surface area contributed by atoms with Crippen LogP contribution in [-0.4, -0.2) is 44.7 Å². The van der Waals surface area contributed by atoms with Crippen molar-refractivity contribution in [1.82, 2.24) is 20.1 Å². The molecule has 7 nitrogen and oxygen atoms in total. The number of nitrogens with zero attached hydrogens (tertiary/aromatic N) is 2. The van der Waals surface area contributed by atoms with E-state index in [1.165, 1.54) is 22.3 Å². The number of H-pyrrole nitrogens is 2. The summed E-state index contributed by atoms with van der Waals surface area (Å²) < 4.78 is 0. The van der Waals surface area contributed by atoms with Gasteiger partial charge in [-0.05, 0) is 69.0 Å². The van der Waals surface area contributed by atoms with E-state index in [9.17, 15) is 4.79 Å². The first-order valence-electron chi connectivity index (χ1n) is 10.1. The molecule has 4 rings (SSSR count). The topological polar surface area (TPSA) is 102 Å². The van der Waals surface area contributed by atoms with Gasteiger partial charge in [0.2, 0.25) is 5.56 Å². The van der Waals surface area contributed by atoms with Gasteiger partial charge in [0.15, 0.2) is 0 Å². The number of aryl methyl sites for hydroxylation is 2. The van der Waals surface area contributed by atoms with Gasteiger partial charge in [0.25, 0.3) is 6.47 Å². The molecule has 1 aromatic carbocycles. The lowest BCUT2D eigenvalue weighted by Crippen LogP contribution is -2.32. The Morgan fingerprint density at radius 1 is 1.20 bits per heavy atom. The van der Waals surface area contributed by atoms with Crippen LogP contribution in [0.1, 0.15) is 41.0 Å². The highest BCUT2D eigenvalue weighted by Crippen LogP contribution is 2.30. The first kappa shape index (κ1) is 21.5. The molecule has 3 aromatic rings. The number of piperidine rings is 1. The number of benzene rings is 1. The van der Waals surface area contributed by atoms with Gasteiger partial charge in [-0.25, -0.2) is 0 Å². The molecule has 0 amide bonds. The normalized spacial score (nSPS) is 14.7. The van der Waals surface area contributed by atoms with E-state index >= 15 is 0 Å². The molecule has 0 atom stereocenters. The molecule has 0 aliphatic carbocycles. The van der Waals surface area contributed by atoms with Gasteiger partial charge >= 0.3 is 0 Å². The van der Waals surface area contributed by atoms with Crippen LogP contribution < -0.4 is 5.56 Å². The number of aromatic nitrogens is 3. The number of hydrogen-bond donors (Lipinski definition) is 3. The van der Waals surface area contributed by atoms with Crippen molar-refractivity contribution < 1.29 is 9.90 Å². The predicted octanol–water partition coefficient (Wildman–Crippen LogP) is 3.46. The lowest BCUT2D eigenvalue weighted by atomic mass is 9.90. The number of nitrogens with one attached hydrogen (secondary N) is 2. The summed E-state index contributed by atoms with van der Waals surface area (Å²) in [6, 6.07) is 10.3. The molecule has 1 aliphatic heterocycles. The number of pyridine rings is 1. The molecule has 2 aromatic heterocycles. The van der Waals surface area contributed by atoms with Crippen molar-refractivity contribution in [3.05, 3.63) is 75.3 Å².